The van der Waals surface area contributed by atoms with Crippen LogP contribution in [0, 0.1) is 0 Å². The van der Waals surface area contributed by atoms with Gasteiger partial charge in [0.05, 0.1) is 18.3 Å². The fourth-order valence-electron chi connectivity index (χ4n) is 3.49. The first kappa shape index (κ1) is 18.6. The van der Waals surface area contributed by atoms with Gasteiger partial charge in [-0.25, -0.2) is 4.79 Å². The van der Waals surface area contributed by atoms with Crippen LogP contribution in [0.1, 0.15) is 32.1 Å². The van der Waals surface area contributed by atoms with E-state index in [9.17, 15) is 29.1 Å². The first-order valence-electron chi connectivity index (χ1n) is 8.22. The molecule has 1 aliphatic carbocycles. The van der Waals surface area contributed by atoms with Gasteiger partial charge in [0.15, 0.2) is 11.6 Å². The summed E-state index contributed by atoms with van der Waals surface area (Å²) in [6.07, 6.45) is 0.997. The number of rotatable bonds is 4. The fourth-order valence-corrected chi connectivity index (χ4v) is 4.82. The average molecular weight is 382 g/mol. The molecule has 0 radical (unpaired) electrons. The maximum absolute atomic E-state index is 12.9. The van der Waals surface area contributed by atoms with Crippen molar-refractivity contribution in [2.24, 2.45) is 5.73 Å². The Morgan fingerprint density at radius 1 is 1.23 bits per heavy atom. The highest BCUT2D eigenvalue weighted by Gasteiger charge is 2.58. The molecule has 26 heavy (non-hydrogen) atoms. The standard InChI is InChI=1S/C16H18N2O7S/c17-6-13(22)25-16(9(19)3-1-2-4-10(16)20)8-7-26-12-5-11(21)18(12)14(8)15(23)24/h12H,1-7,17H2,(H,23,24)/t12-/m1/s1. The van der Waals surface area contributed by atoms with Gasteiger partial charge in [0.2, 0.25) is 5.91 Å². The quantitative estimate of drug-likeness (QED) is 0.287. The summed E-state index contributed by atoms with van der Waals surface area (Å²) in [4.78, 5) is 62.6. The first-order valence-corrected chi connectivity index (χ1v) is 9.27. The number of Topliss-reactive ketones (excluding diaryl/α,β-unsaturated/α-hetero) is 2. The fraction of sp³-hybridized carbons (Fsp3) is 0.562. The molecule has 3 N–H and O–H groups in total. The van der Waals surface area contributed by atoms with Crippen molar-refractivity contribution in [3.63, 3.8) is 0 Å². The third-order valence-corrected chi connectivity index (χ3v) is 5.97. The highest BCUT2D eigenvalue weighted by Crippen LogP contribution is 2.45. The minimum atomic E-state index is -2.31. The highest BCUT2D eigenvalue weighted by molar-refractivity contribution is 8.00. The summed E-state index contributed by atoms with van der Waals surface area (Å²) in [6, 6.07) is 0. The maximum atomic E-state index is 12.9. The van der Waals surface area contributed by atoms with Crippen molar-refractivity contribution in [2.45, 2.75) is 43.1 Å². The second-order valence-corrected chi connectivity index (χ2v) is 7.44. The minimum Gasteiger partial charge on any atom is -0.477 e. The first-order chi connectivity index (χ1) is 12.3. The van der Waals surface area contributed by atoms with Crippen LogP contribution in [-0.2, 0) is 28.7 Å². The molecule has 3 rings (SSSR count). The Bertz CT molecular complexity index is 727. The van der Waals surface area contributed by atoms with Gasteiger partial charge in [-0.1, -0.05) is 0 Å². The number of ketones is 2. The van der Waals surface area contributed by atoms with E-state index in [-0.39, 0.29) is 36.0 Å². The molecule has 2 fully saturated rings. The second kappa shape index (κ2) is 6.84. The van der Waals surface area contributed by atoms with E-state index in [0.717, 1.165) is 4.90 Å². The number of aliphatic carboxylic acids is 1. The van der Waals surface area contributed by atoms with E-state index in [1.165, 1.54) is 11.8 Å². The van der Waals surface area contributed by atoms with Crippen molar-refractivity contribution in [3.8, 4) is 0 Å². The number of esters is 1. The lowest BCUT2D eigenvalue weighted by Gasteiger charge is -2.46. The molecule has 0 aromatic rings. The monoisotopic (exact) mass is 382 g/mol. The van der Waals surface area contributed by atoms with E-state index in [1.54, 1.807) is 0 Å². The third-order valence-electron chi connectivity index (χ3n) is 4.76. The average Bonchev–Trinajstić information content (AvgIpc) is 2.73. The largest absolute Gasteiger partial charge is 0.477 e. The van der Waals surface area contributed by atoms with Gasteiger partial charge in [0.1, 0.15) is 5.70 Å². The molecular weight excluding hydrogens is 364 g/mol. The van der Waals surface area contributed by atoms with Gasteiger partial charge in [0, 0.05) is 24.2 Å². The molecular formula is C16H18N2O7S. The molecule has 0 unspecified atom stereocenters. The zero-order chi connectivity index (χ0) is 19.1. The summed E-state index contributed by atoms with van der Waals surface area (Å²) in [5.74, 6) is -4.15. The zero-order valence-corrected chi connectivity index (χ0v) is 14.7. The molecule has 2 aliphatic heterocycles. The number of β-lactam (4-membered cyclic amide) rings is 1. The van der Waals surface area contributed by atoms with Gasteiger partial charge in [-0.15, -0.1) is 11.8 Å². The number of carboxylic acids is 1. The number of hydrogen-bond acceptors (Lipinski definition) is 8. The number of carbonyl (C=O) groups excluding carboxylic acids is 4. The number of carbonyl (C=O) groups is 5. The van der Waals surface area contributed by atoms with Crippen LogP contribution in [0.5, 0.6) is 0 Å². The van der Waals surface area contributed by atoms with Crippen LogP contribution in [0.2, 0.25) is 0 Å². The lowest BCUT2D eigenvalue weighted by atomic mass is 9.82. The number of nitrogens with zero attached hydrogens (tertiary/aromatic N) is 1. The Morgan fingerprint density at radius 3 is 2.35 bits per heavy atom. The van der Waals surface area contributed by atoms with Gasteiger partial charge >= 0.3 is 11.9 Å². The Morgan fingerprint density at radius 2 is 1.85 bits per heavy atom. The summed E-state index contributed by atoms with van der Waals surface area (Å²) < 4.78 is 5.26. The Labute approximate surface area is 152 Å². The molecule has 9 nitrogen and oxygen atoms in total. The van der Waals surface area contributed by atoms with E-state index < -0.39 is 47.3 Å². The van der Waals surface area contributed by atoms with Crippen LogP contribution >= 0.6 is 11.8 Å². The number of fused-ring (bicyclic) bond motifs is 1. The maximum Gasteiger partial charge on any atom is 0.352 e. The zero-order valence-electron chi connectivity index (χ0n) is 13.9. The van der Waals surface area contributed by atoms with Crippen molar-refractivity contribution in [1.82, 2.24) is 4.90 Å². The Kier molecular flexibility index (Phi) is 4.89. The topological polar surface area (TPSA) is 144 Å². The molecule has 2 heterocycles. The van der Waals surface area contributed by atoms with Crippen LogP contribution in [0.15, 0.2) is 11.3 Å². The van der Waals surface area contributed by atoms with E-state index in [0.29, 0.717) is 12.8 Å². The lowest BCUT2D eigenvalue weighted by Crippen LogP contribution is -2.60. The van der Waals surface area contributed by atoms with Crippen LogP contribution in [0.4, 0.5) is 0 Å². The van der Waals surface area contributed by atoms with Gasteiger partial charge in [-0.05, 0) is 12.8 Å². The summed E-state index contributed by atoms with van der Waals surface area (Å²) in [5.41, 5.74) is 2.40. The predicted molar refractivity (Wildman–Crippen MR) is 88.7 cm³/mol. The number of carboxylic acid groups (broad SMARTS) is 1. The van der Waals surface area contributed by atoms with Crippen LogP contribution < -0.4 is 5.73 Å². The van der Waals surface area contributed by atoms with Gasteiger partial charge in [0.25, 0.3) is 5.60 Å². The number of thioether (sulfide) groups is 1. The third kappa shape index (κ3) is 2.73. The Balaban J connectivity index is 2.22. The summed E-state index contributed by atoms with van der Waals surface area (Å²) in [6.45, 7) is -0.559. The molecule has 1 saturated carbocycles. The number of ether oxygens (including phenoxy) is 1. The molecule has 140 valence electrons. The normalized spacial score (nSPS) is 25.3. The van der Waals surface area contributed by atoms with E-state index in [1.807, 2.05) is 0 Å². The van der Waals surface area contributed by atoms with Crippen molar-refractivity contribution in [1.29, 1.82) is 0 Å². The van der Waals surface area contributed by atoms with Crippen LogP contribution in [-0.4, -0.2) is 62.7 Å². The minimum absolute atomic E-state index is 0.00537. The molecule has 0 aromatic carbocycles. The molecule has 1 saturated heterocycles. The highest BCUT2D eigenvalue weighted by atomic mass is 32.2. The summed E-state index contributed by atoms with van der Waals surface area (Å²) in [5, 5.41) is 9.33. The SMILES string of the molecule is NCC(=O)OC1(C2=C(C(=O)O)N3C(=O)C[C@H]3SC2)C(=O)CCCCC1=O. The van der Waals surface area contributed by atoms with Crippen molar-refractivity contribution < 1.29 is 33.8 Å². The van der Waals surface area contributed by atoms with Crippen LogP contribution in [0.3, 0.4) is 0 Å². The number of nitrogens with two attached hydrogens (primary N) is 1. The van der Waals surface area contributed by atoms with Crippen molar-refractivity contribution >= 4 is 41.2 Å². The van der Waals surface area contributed by atoms with Gasteiger partial charge in [-0.3, -0.25) is 24.1 Å². The van der Waals surface area contributed by atoms with Crippen molar-refractivity contribution in [3.05, 3.63) is 11.3 Å². The number of hydrogen-bond donors (Lipinski definition) is 2. The molecule has 0 aromatic heterocycles. The summed E-state index contributed by atoms with van der Waals surface area (Å²) in [7, 11) is 0. The van der Waals surface area contributed by atoms with Crippen LogP contribution in [0.25, 0.3) is 0 Å². The second-order valence-electron chi connectivity index (χ2n) is 6.28. The van der Waals surface area contributed by atoms with E-state index in [2.05, 4.69) is 0 Å². The van der Waals surface area contributed by atoms with E-state index in [4.69, 9.17) is 10.5 Å². The molecule has 0 spiro atoms. The molecule has 0 bridgehead atoms. The molecule has 3 aliphatic rings. The van der Waals surface area contributed by atoms with E-state index >= 15 is 0 Å². The van der Waals surface area contributed by atoms with Crippen molar-refractivity contribution in [2.75, 3.05) is 12.3 Å². The lowest BCUT2D eigenvalue weighted by molar-refractivity contribution is -0.168. The summed E-state index contributed by atoms with van der Waals surface area (Å²) >= 11 is 1.24. The molecule has 1 atom stereocenters. The predicted octanol–water partition coefficient (Wildman–Crippen LogP) is -0.417. The smallest absolute Gasteiger partial charge is 0.352 e. The number of amides is 1. The molecule has 1 amide bonds. The van der Waals surface area contributed by atoms with Gasteiger partial charge < -0.3 is 15.6 Å². The Hall–Kier alpha value is -2.20. The molecule has 10 heteroatoms. The van der Waals surface area contributed by atoms with Gasteiger partial charge in [-0.2, -0.15) is 0 Å².